The maximum atomic E-state index is 3.41. The molecule has 3 heteroatoms. The minimum absolute atomic E-state index is 0.758. The first-order chi connectivity index (χ1) is 9.72. The van der Waals surface area contributed by atoms with Gasteiger partial charge in [-0.15, -0.1) is 0 Å². The molecule has 1 aliphatic carbocycles. The zero-order chi connectivity index (χ0) is 14.4. The van der Waals surface area contributed by atoms with Crippen LogP contribution in [0.25, 0.3) is 0 Å². The monoisotopic (exact) mass is 281 g/mol. The first-order valence-corrected chi connectivity index (χ1v) is 8.82. The van der Waals surface area contributed by atoms with Gasteiger partial charge in [0.05, 0.1) is 0 Å². The van der Waals surface area contributed by atoms with Crippen molar-refractivity contribution in [3.63, 3.8) is 0 Å². The molecule has 2 rings (SSSR count). The molecule has 3 nitrogen and oxygen atoms in total. The van der Waals surface area contributed by atoms with Crippen molar-refractivity contribution in [1.29, 1.82) is 0 Å². The van der Waals surface area contributed by atoms with Gasteiger partial charge in [-0.3, -0.25) is 0 Å². The summed E-state index contributed by atoms with van der Waals surface area (Å²) >= 11 is 0. The second-order valence-electron chi connectivity index (χ2n) is 6.97. The van der Waals surface area contributed by atoms with Crippen LogP contribution in [0.3, 0.4) is 0 Å². The summed E-state index contributed by atoms with van der Waals surface area (Å²) in [6.07, 6.45) is 9.80. The Bertz CT molecular complexity index is 253. The molecule has 0 radical (unpaired) electrons. The van der Waals surface area contributed by atoms with Crippen LogP contribution < -0.4 is 5.32 Å². The van der Waals surface area contributed by atoms with Crippen LogP contribution in [0.4, 0.5) is 0 Å². The molecular formula is C17H35N3. The summed E-state index contributed by atoms with van der Waals surface area (Å²) in [6, 6.07) is 1.61. The second kappa shape index (κ2) is 8.35. The van der Waals surface area contributed by atoms with Crippen molar-refractivity contribution in [2.75, 3.05) is 40.3 Å². The molecule has 0 bridgehead atoms. The van der Waals surface area contributed by atoms with Crippen molar-refractivity contribution >= 4 is 0 Å². The van der Waals surface area contributed by atoms with Crippen LogP contribution >= 0.6 is 0 Å². The van der Waals surface area contributed by atoms with Gasteiger partial charge in [0.25, 0.3) is 0 Å². The minimum atomic E-state index is 0.758. The third-order valence-electron chi connectivity index (χ3n) is 5.78. The smallest absolute Gasteiger partial charge is 0.0109 e. The van der Waals surface area contributed by atoms with Gasteiger partial charge in [-0.1, -0.05) is 13.3 Å². The Morgan fingerprint density at radius 3 is 2.25 bits per heavy atom. The van der Waals surface area contributed by atoms with Crippen molar-refractivity contribution in [2.45, 2.75) is 64.0 Å². The van der Waals surface area contributed by atoms with E-state index in [9.17, 15) is 0 Å². The molecule has 20 heavy (non-hydrogen) atoms. The van der Waals surface area contributed by atoms with Crippen molar-refractivity contribution in [3.05, 3.63) is 0 Å². The number of likely N-dealkylation sites (N-methyl/N-ethyl adjacent to an activating group) is 1. The third kappa shape index (κ3) is 4.71. The Morgan fingerprint density at radius 1 is 1.05 bits per heavy atom. The topological polar surface area (TPSA) is 18.5 Å². The molecule has 0 aromatic carbocycles. The quantitative estimate of drug-likeness (QED) is 0.807. The predicted molar refractivity (Wildman–Crippen MR) is 87.2 cm³/mol. The first kappa shape index (κ1) is 16.3. The number of piperidine rings is 1. The molecule has 1 N–H and O–H groups in total. The summed E-state index contributed by atoms with van der Waals surface area (Å²) in [7, 11) is 4.44. The summed E-state index contributed by atoms with van der Waals surface area (Å²) in [5.41, 5.74) is 0. The molecule has 118 valence electrons. The molecule has 1 saturated heterocycles. The number of rotatable bonds is 6. The van der Waals surface area contributed by atoms with E-state index < -0.39 is 0 Å². The maximum absolute atomic E-state index is 3.41. The zero-order valence-corrected chi connectivity index (χ0v) is 13.9. The van der Waals surface area contributed by atoms with Gasteiger partial charge >= 0.3 is 0 Å². The van der Waals surface area contributed by atoms with Gasteiger partial charge < -0.3 is 15.1 Å². The highest BCUT2D eigenvalue weighted by Gasteiger charge is 2.24. The number of likely N-dealkylation sites (tertiary alicyclic amines) is 1. The van der Waals surface area contributed by atoms with E-state index >= 15 is 0 Å². The van der Waals surface area contributed by atoms with Crippen LogP contribution in [0.1, 0.15) is 51.9 Å². The molecule has 2 fully saturated rings. The largest absolute Gasteiger partial charge is 0.317 e. The van der Waals surface area contributed by atoms with E-state index in [1.165, 1.54) is 71.1 Å². The molecular weight excluding hydrogens is 246 g/mol. The standard InChI is InChI=1S/C17H35N3/c1-4-15-5-7-17(8-6-15)19(3)13-14-20-11-9-16(18-2)10-12-20/h15-18H,4-14H2,1-3H3. The third-order valence-corrected chi connectivity index (χ3v) is 5.78. The molecule has 0 aromatic heterocycles. The zero-order valence-electron chi connectivity index (χ0n) is 13.9. The summed E-state index contributed by atoms with van der Waals surface area (Å²) in [5, 5.41) is 3.41. The molecule has 1 heterocycles. The molecule has 0 atom stereocenters. The van der Waals surface area contributed by atoms with E-state index in [1.807, 2.05) is 0 Å². The van der Waals surface area contributed by atoms with Crippen molar-refractivity contribution in [3.8, 4) is 0 Å². The first-order valence-electron chi connectivity index (χ1n) is 8.82. The fraction of sp³-hybridized carbons (Fsp3) is 1.00. The summed E-state index contributed by atoms with van der Waals surface area (Å²) in [5.74, 6) is 1.01. The molecule has 1 saturated carbocycles. The van der Waals surface area contributed by atoms with Crippen LogP contribution in [0.2, 0.25) is 0 Å². The van der Waals surface area contributed by atoms with Crippen LogP contribution in [-0.4, -0.2) is 62.2 Å². The lowest BCUT2D eigenvalue weighted by molar-refractivity contribution is 0.129. The molecule has 2 aliphatic rings. The average Bonchev–Trinajstić information content (AvgIpc) is 2.53. The number of nitrogens with zero attached hydrogens (tertiary/aromatic N) is 2. The Kier molecular flexibility index (Phi) is 6.79. The Balaban J connectivity index is 1.62. The number of hydrogen-bond donors (Lipinski definition) is 1. The minimum Gasteiger partial charge on any atom is -0.317 e. The lowest BCUT2D eigenvalue weighted by Gasteiger charge is -2.37. The highest BCUT2D eigenvalue weighted by Crippen LogP contribution is 2.28. The predicted octanol–water partition coefficient (Wildman–Crippen LogP) is 2.57. The summed E-state index contributed by atoms with van der Waals surface area (Å²) in [6.45, 7) is 7.43. The van der Waals surface area contributed by atoms with E-state index in [2.05, 4.69) is 36.1 Å². The average molecular weight is 281 g/mol. The molecule has 0 spiro atoms. The lowest BCUT2D eigenvalue weighted by atomic mass is 9.84. The van der Waals surface area contributed by atoms with Crippen LogP contribution in [0, 0.1) is 5.92 Å². The number of nitrogens with one attached hydrogen (secondary N) is 1. The van der Waals surface area contributed by atoms with E-state index in [1.54, 1.807) is 0 Å². The normalized spacial score (nSPS) is 30.0. The van der Waals surface area contributed by atoms with Gasteiger partial charge in [0.2, 0.25) is 0 Å². The SMILES string of the molecule is CCC1CCC(N(C)CCN2CCC(NC)CC2)CC1. The summed E-state index contributed by atoms with van der Waals surface area (Å²) < 4.78 is 0. The molecule has 1 aliphatic heterocycles. The van der Waals surface area contributed by atoms with E-state index in [-0.39, 0.29) is 0 Å². The van der Waals surface area contributed by atoms with Crippen LogP contribution in [0.5, 0.6) is 0 Å². The Labute approximate surface area is 126 Å². The highest BCUT2D eigenvalue weighted by molar-refractivity contribution is 4.80. The van der Waals surface area contributed by atoms with Gasteiger partial charge in [0.15, 0.2) is 0 Å². The summed E-state index contributed by atoms with van der Waals surface area (Å²) in [4.78, 5) is 5.29. The lowest BCUT2D eigenvalue weighted by Crippen LogP contribution is -2.45. The Morgan fingerprint density at radius 2 is 1.70 bits per heavy atom. The Hall–Kier alpha value is -0.120. The van der Waals surface area contributed by atoms with Gasteiger partial charge in [-0.05, 0) is 71.6 Å². The van der Waals surface area contributed by atoms with Crippen molar-refractivity contribution in [2.24, 2.45) is 5.92 Å². The van der Waals surface area contributed by atoms with E-state index in [0.717, 1.165) is 18.0 Å². The fourth-order valence-corrected chi connectivity index (χ4v) is 3.92. The van der Waals surface area contributed by atoms with Crippen LogP contribution in [0.15, 0.2) is 0 Å². The van der Waals surface area contributed by atoms with Gasteiger partial charge in [0, 0.05) is 25.2 Å². The second-order valence-corrected chi connectivity index (χ2v) is 6.97. The van der Waals surface area contributed by atoms with E-state index in [0.29, 0.717) is 0 Å². The highest BCUT2D eigenvalue weighted by atomic mass is 15.2. The molecule has 0 unspecified atom stereocenters. The van der Waals surface area contributed by atoms with Gasteiger partial charge in [-0.2, -0.15) is 0 Å². The molecule has 0 aromatic rings. The maximum Gasteiger partial charge on any atom is 0.0109 e. The molecule has 0 amide bonds. The van der Waals surface area contributed by atoms with E-state index in [4.69, 9.17) is 0 Å². The van der Waals surface area contributed by atoms with Gasteiger partial charge in [0.1, 0.15) is 0 Å². The van der Waals surface area contributed by atoms with Gasteiger partial charge in [-0.25, -0.2) is 0 Å². The van der Waals surface area contributed by atoms with Crippen molar-refractivity contribution < 1.29 is 0 Å². The van der Waals surface area contributed by atoms with Crippen LogP contribution in [-0.2, 0) is 0 Å². The van der Waals surface area contributed by atoms with Crippen molar-refractivity contribution in [1.82, 2.24) is 15.1 Å². The fourth-order valence-electron chi connectivity index (χ4n) is 3.92. The number of hydrogen-bond acceptors (Lipinski definition) is 3.